The predicted molar refractivity (Wildman–Crippen MR) is 91.5 cm³/mol. The van der Waals surface area contributed by atoms with Crippen LogP contribution in [-0.2, 0) is 0 Å². The zero-order valence-electron chi connectivity index (χ0n) is 13.3. The van der Waals surface area contributed by atoms with Gasteiger partial charge in [0.2, 0.25) is 0 Å². The molecule has 0 atom stereocenters. The first kappa shape index (κ1) is 16.1. The van der Waals surface area contributed by atoms with Crippen molar-refractivity contribution in [3.8, 4) is 5.69 Å². The third-order valence-corrected chi connectivity index (χ3v) is 3.47. The van der Waals surface area contributed by atoms with Gasteiger partial charge in [-0.25, -0.2) is 9.48 Å². The second-order valence-corrected chi connectivity index (χ2v) is 5.28. The summed E-state index contributed by atoms with van der Waals surface area (Å²) >= 11 is 0. The highest BCUT2D eigenvalue weighted by Crippen LogP contribution is 2.19. The number of nitrogens with one attached hydrogen (secondary N) is 2. The van der Waals surface area contributed by atoms with Crippen molar-refractivity contribution in [3.05, 3.63) is 59.9 Å². The van der Waals surface area contributed by atoms with Gasteiger partial charge in [0.25, 0.3) is 5.91 Å². The van der Waals surface area contributed by atoms with Crippen LogP contribution in [0.25, 0.3) is 5.69 Å². The maximum absolute atomic E-state index is 12.3. The lowest BCUT2D eigenvalue weighted by atomic mass is 10.1. The molecule has 0 aliphatic heterocycles. The summed E-state index contributed by atoms with van der Waals surface area (Å²) in [5.74, 6) is -0.264. The van der Waals surface area contributed by atoms with Gasteiger partial charge in [0, 0.05) is 16.9 Å². The number of aromatic nitrogens is 4. The number of nitrogens with zero attached hydrogens (tertiary/aromatic N) is 4. The fourth-order valence-electron chi connectivity index (χ4n) is 2.31. The van der Waals surface area contributed by atoms with Crippen LogP contribution in [-0.4, -0.2) is 32.1 Å². The maximum atomic E-state index is 12.3. The molecule has 4 N–H and O–H groups in total. The largest absolute Gasteiger partial charge is 0.351 e. The summed E-state index contributed by atoms with van der Waals surface area (Å²) in [6, 6.07) is 11.2. The highest BCUT2D eigenvalue weighted by Gasteiger charge is 2.09. The molecule has 0 bridgehead atoms. The van der Waals surface area contributed by atoms with Crippen molar-refractivity contribution >= 4 is 23.3 Å². The van der Waals surface area contributed by atoms with Gasteiger partial charge in [-0.2, -0.15) is 0 Å². The van der Waals surface area contributed by atoms with Crippen molar-refractivity contribution in [3.63, 3.8) is 0 Å². The average molecular weight is 337 g/mol. The minimum atomic E-state index is -0.657. The van der Waals surface area contributed by atoms with E-state index in [9.17, 15) is 9.59 Å². The molecule has 0 aliphatic carbocycles. The maximum Gasteiger partial charge on any atom is 0.316 e. The zero-order valence-corrected chi connectivity index (χ0v) is 13.3. The quantitative estimate of drug-likeness (QED) is 0.668. The molecule has 0 spiro atoms. The number of nitrogens with two attached hydrogens (primary N) is 1. The van der Waals surface area contributed by atoms with Crippen LogP contribution < -0.4 is 16.4 Å². The van der Waals surface area contributed by atoms with Crippen LogP contribution in [0.5, 0.6) is 0 Å². The molecule has 0 unspecified atom stereocenters. The van der Waals surface area contributed by atoms with E-state index >= 15 is 0 Å². The fourth-order valence-corrected chi connectivity index (χ4v) is 2.31. The molecule has 0 aliphatic rings. The fraction of sp³-hybridized carbons (Fsp3) is 0.0625. The van der Waals surface area contributed by atoms with E-state index in [0.717, 1.165) is 11.3 Å². The van der Waals surface area contributed by atoms with Gasteiger partial charge in [0.1, 0.15) is 6.33 Å². The van der Waals surface area contributed by atoms with Crippen LogP contribution in [0, 0.1) is 6.92 Å². The Labute approximate surface area is 142 Å². The van der Waals surface area contributed by atoms with Crippen LogP contribution in [0.2, 0.25) is 0 Å². The number of amides is 3. The number of urea groups is 1. The number of hydrogen-bond donors (Lipinski definition) is 3. The molecule has 0 fully saturated rings. The molecule has 3 amide bonds. The number of benzene rings is 2. The Kier molecular flexibility index (Phi) is 4.38. The number of primary amides is 1. The minimum absolute atomic E-state index is 0.264. The third-order valence-electron chi connectivity index (χ3n) is 3.47. The lowest BCUT2D eigenvalue weighted by Gasteiger charge is -2.10. The molecule has 0 saturated carbocycles. The number of aryl methyl sites for hydroxylation is 1. The minimum Gasteiger partial charge on any atom is -0.351 e. The Morgan fingerprint density at radius 3 is 2.36 bits per heavy atom. The summed E-state index contributed by atoms with van der Waals surface area (Å²) in [7, 11) is 0. The Morgan fingerprint density at radius 2 is 1.76 bits per heavy atom. The van der Waals surface area contributed by atoms with Gasteiger partial charge in [-0.1, -0.05) is 0 Å². The van der Waals surface area contributed by atoms with Crippen molar-refractivity contribution in [2.45, 2.75) is 6.92 Å². The first-order valence-corrected chi connectivity index (χ1v) is 7.35. The number of rotatable bonds is 4. The molecule has 0 radical (unpaired) electrons. The first-order chi connectivity index (χ1) is 12.0. The molecule has 1 aromatic heterocycles. The Balaban J connectivity index is 1.72. The summed E-state index contributed by atoms with van der Waals surface area (Å²) < 4.78 is 1.55. The SMILES string of the molecule is Cc1cc(NC(=O)c2ccc(NC(N)=O)cc2)ccc1-n1cnnn1. The lowest BCUT2D eigenvalue weighted by Crippen LogP contribution is -2.19. The van der Waals surface area contributed by atoms with Gasteiger partial charge in [0.15, 0.2) is 0 Å². The van der Waals surface area contributed by atoms with E-state index in [2.05, 4.69) is 26.2 Å². The summed E-state index contributed by atoms with van der Waals surface area (Å²) in [6.07, 6.45) is 1.50. The molecule has 0 saturated heterocycles. The van der Waals surface area contributed by atoms with Crippen molar-refractivity contribution in [1.82, 2.24) is 20.2 Å². The van der Waals surface area contributed by atoms with Gasteiger partial charge in [-0.3, -0.25) is 4.79 Å². The highest BCUT2D eigenvalue weighted by molar-refractivity contribution is 6.04. The molecule has 9 nitrogen and oxygen atoms in total. The molecule has 2 aromatic carbocycles. The topological polar surface area (TPSA) is 128 Å². The molecule has 3 rings (SSSR count). The van der Waals surface area contributed by atoms with Crippen LogP contribution in [0.1, 0.15) is 15.9 Å². The number of anilines is 2. The summed E-state index contributed by atoms with van der Waals surface area (Å²) in [5.41, 5.74) is 8.40. The molecule has 9 heteroatoms. The van der Waals surface area contributed by atoms with Crippen LogP contribution in [0.3, 0.4) is 0 Å². The van der Waals surface area contributed by atoms with E-state index in [1.54, 1.807) is 35.0 Å². The molecule has 126 valence electrons. The van der Waals surface area contributed by atoms with Crippen LogP contribution in [0.15, 0.2) is 48.8 Å². The van der Waals surface area contributed by atoms with Crippen molar-refractivity contribution in [1.29, 1.82) is 0 Å². The Hall–Kier alpha value is -3.75. The van der Waals surface area contributed by atoms with Crippen LogP contribution >= 0.6 is 0 Å². The second-order valence-electron chi connectivity index (χ2n) is 5.28. The smallest absolute Gasteiger partial charge is 0.316 e. The van der Waals surface area contributed by atoms with Crippen molar-refractivity contribution in [2.75, 3.05) is 10.6 Å². The van der Waals surface area contributed by atoms with Gasteiger partial charge < -0.3 is 16.4 Å². The van der Waals surface area contributed by atoms with Crippen LogP contribution in [0.4, 0.5) is 16.2 Å². The molecule has 3 aromatic rings. The van der Waals surface area contributed by atoms with Gasteiger partial charge in [-0.15, -0.1) is 5.10 Å². The predicted octanol–water partition coefficient (Wildman–Crippen LogP) is 1.71. The molecular weight excluding hydrogens is 322 g/mol. The monoisotopic (exact) mass is 337 g/mol. The van der Waals surface area contributed by atoms with E-state index in [-0.39, 0.29) is 5.91 Å². The van der Waals surface area contributed by atoms with E-state index < -0.39 is 6.03 Å². The van der Waals surface area contributed by atoms with E-state index in [4.69, 9.17) is 5.73 Å². The Morgan fingerprint density at radius 1 is 1.04 bits per heavy atom. The second kappa shape index (κ2) is 6.79. The number of carbonyl (C=O) groups is 2. The molecule has 1 heterocycles. The number of carbonyl (C=O) groups excluding carboxylic acids is 2. The van der Waals surface area contributed by atoms with E-state index in [0.29, 0.717) is 16.9 Å². The summed E-state index contributed by atoms with van der Waals surface area (Å²) in [6.45, 7) is 1.90. The summed E-state index contributed by atoms with van der Waals surface area (Å²) in [4.78, 5) is 23.1. The number of tetrazole rings is 1. The average Bonchev–Trinajstić information content (AvgIpc) is 3.09. The third kappa shape index (κ3) is 3.78. The molecular formula is C16H15N7O2. The lowest BCUT2D eigenvalue weighted by molar-refractivity contribution is 0.102. The molecule has 25 heavy (non-hydrogen) atoms. The van der Waals surface area contributed by atoms with Gasteiger partial charge >= 0.3 is 6.03 Å². The van der Waals surface area contributed by atoms with Gasteiger partial charge in [-0.05, 0) is 65.4 Å². The van der Waals surface area contributed by atoms with E-state index in [1.165, 1.54) is 6.33 Å². The van der Waals surface area contributed by atoms with Gasteiger partial charge in [0.05, 0.1) is 5.69 Å². The van der Waals surface area contributed by atoms with Crippen molar-refractivity contribution < 1.29 is 9.59 Å². The summed E-state index contributed by atoms with van der Waals surface area (Å²) in [5, 5.41) is 16.3. The first-order valence-electron chi connectivity index (χ1n) is 7.35. The zero-order chi connectivity index (χ0) is 17.8. The standard InChI is InChI=1S/C16H15N7O2/c1-10-8-13(6-7-14(10)23-9-18-21-22-23)19-15(24)11-2-4-12(5-3-11)20-16(17)25/h2-9H,1H3,(H,19,24)(H3,17,20,25). The van der Waals surface area contributed by atoms with Crippen molar-refractivity contribution in [2.24, 2.45) is 5.73 Å². The Bertz CT molecular complexity index is 905. The normalized spacial score (nSPS) is 10.3. The van der Waals surface area contributed by atoms with E-state index in [1.807, 2.05) is 19.1 Å². The number of hydrogen-bond acceptors (Lipinski definition) is 5. The highest BCUT2D eigenvalue weighted by atomic mass is 16.2.